The number of hydrogen-bond donors (Lipinski definition) is 0. The molecule has 0 aromatic carbocycles. The molecule has 0 aliphatic heterocycles. The van der Waals surface area contributed by atoms with Crippen molar-refractivity contribution in [1.29, 1.82) is 0 Å². The lowest BCUT2D eigenvalue weighted by Crippen LogP contribution is -2.36. The third-order valence-electron chi connectivity index (χ3n) is 2.55. The Morgan fingerprint density at radius 3 is 2.26 bits per heavy atom. The standard InChI is InChI=1S/C13H20BrNO4/c1-3-17-9-6-15(7-10-18-4-2)13(16)11-5-8-19-12(11)14/h5,8H,3-4,6-7,9-10H2,1-2H3. The van der Waals surface area contributed by atoms with Gasteiger partial charge < -0.3 is 18.8 Å². The highest BCUT2D eigenvalue weighted by molar-refractivity contribution is 9.10. The molecule has 0 aliphatic rings. The van der Waals surface area contributed by atoms with Crippen molar-refractivity contribution in [3.8, 4) is 0 Å². The van der Waals surface area contributed by atoms with Gasteiger partial charge in [0.15, 0.2) is 4.67 Å². The van der Waals surface area contributed by atoms with E-state index in [1.807, 2.05) is 13.8 Å². The highest BCUT2D eigenvalue weighted by Crippen LogP contribution is 2.19. The lowest BCUT2D eigenvalue weighted by molar-refractivity contribution is 0.0548. The Kier molecular flexibility index (Phi) is 7.78. The SMILES string of the molecule is CCOCCN(CCOCC)C(=O)c1ccoc1Br. The van der Waals surface area contributed by atoms with Crippen molar-refractivity contribution in [3.63, 3.8) is 0 Å². The molecule has 0 fully saturated rings. The summed E-state index contributed by atoms with van der Waals surface area (Å²) in [6.07, 6.45) is 1.49. The second-order valence-electron chi connectivity index (χ2n) is 3.79. The normalized spacial score (nSPS) is 10.7. The zero-order valence-electron chi connectivity index (χ0n) is 11.4. The maximum Gasteiger partial charge on any atom is 0.258 e. The van der Waals surface area contributed by atoms with Gasteiger partial charge in [-0.15, -0.1) is 0 Å². The topological polar surface area (TPSA) is 51.9 Å². The molecule has 6 heteroatoms. The van der Waals surface area contributed by atoms with Crippen molar-refractivity contribution in [1.82, 2.24) is 4.90 Å². The van der Waals surface area contributed by atoms with E-state index in [-0.39, 0.29) is 5.91 Å². The first kappa shape index (κ1) is 16.2. The maximum absolute atomic E-state index is 12.3. The summed E-state index contributed by atoms with van der Waals surface area (Å²) in [4.78, 5) is 14.0. The number of rotatable bonds is 9. The van der Waals surface area contributed by atoms with Gasteiger partial charge in [0.2, 0.25) is 0 Å². The third kappa shape index (κ3) is 5.34. The van der Waals surface area contributed by atoms with Crippen molar-refractivity contribution in [3.05, 3.63) is 22.6 Å². The lowest BCUT2D eigenvalue weighted by Gasteiger charge is -2.22. The average molecular weight is 334 g/mol. The Morgan fingerprint density at radius 2 is 1.84 bits per heavy atom. The predicted molar refractivity (Wildman–Crippen MR) is 75.3 cm³/mol. The van der Waals surface area contributed by atoms with Crippen LogP contribution >= 0.6 is 15.9 Å². The van der Waals surface area contributed by atoms with Crippen LogP contribution in [0.4, 0.5) is 0 Å². The Bertz CT molecular complexity index is 370. The van der Waals surface area contributed by atoms with Crippen LogP contribution in [-0.4, -0.2) is 50.3 Å². The zero-order valence-corrected chi connectivity index (χ0v) is 12.9. The van der Waals surface area contributed by atoms with E-state index in [2.05, 4.69) is 15.9 Å². The van der Waals surface area contributed by atoms with E-state index in [1.165, 1.54) is 6.26 Å². The molecule has 1 rings (SSSR count). The van der Waals surface area contributed by atoms with Gasteiger partial charge in [-0.25, -0.2) is 0 Å². The van der Waals surface area contributed by atoms with Gasteiger partial charge in [0, 0.05) is 26.3 Å². The molecule has 1 amide bonds. The van der Waals surface area contributed by atoms with Gasteiger partial charge in [-0.05, 0) is 35.8 Å². The predicted octanol–water partition coefficient (Wildman–Crippen LogP) is 2.56. The van der Waals surface area contributed by atoms with E-state index in [9.17, 15) is 4.79 Å². The smallest absolute Gasteiger partial charge is 0.258 e. The van der Waals surface area contributed by atoms with E-state index in [4.69, 9.17) is 13.9 Å². The van der Waals surface area contributed by atoms with Crippen molar-refractivity contribution in [2.75, 3.05) is 39.5 Å². The first-order chi connectivity index (χ1) is 9.20. The molecule has 0 N–H and O–H groups in total. The van der Waals surface area contributed by atoms with Gasteiger partial charge >= 0.3 is 0 Å². The molecular formula is C13H20BrNO4. The largest absolute Gasteiger partial charge is 0.457 e. The first-order valence-corrected chi connectivity index (χ1v) is 7.17. The molecular weight excluding hydrogens is 314 g/mol. The van der Waals surface area contributed by atoms with Crippen LogP contribution in [0, 0.1) is 0 Å². The quantitative estimate of drug-likeness (QED) is 0.652. The summed E-state index contributed by atoms with van der Waals surface area (Å²) in [5.74, 6) is -0.0833. The van der Waals surface area contributed by atoms with Gasteiger partial charge in [-0.2, -0.15) is 0 Å². The summed E-state index contributed by atoms with van der Waals surface area (Å²) < 4.78 is 16.1. The number of ether oxygens (including phenoxy) is 2. The molecule has 0 atom stereocenters. The minimum absolute atomic E-state index is 0.0833. The lowest BCUT2D eigenvalue weighted by atomic mass is 10.3. The van der Waals surface area contributed by atoms with Gasteiger partial charge in [0.25, 0.3) is 5.91 Å². The molecule has 0 bridgehead atoms. The van der Waals surface area contributed by atoms with Gasteiger partial charge in [0.1, 0.15) is 0 Å². The molecule has 108 valence electrons. The number of carbonyl (C=O) groups is 1. The molecule has 19 heavy (non-hydrogen) atoms. The van der Waals surface area contributed by atoms with Crippen LogP contribution in [0.25, 0.3) is 0 Å². The molecule has 0 radical (unpaired) electrons. The monoisotopic (exact) mass is 333 g/mol. The Balaban J connectivity index is 2.60. The number of carbonyl (C=O) groups excluding carboxylic acids is 1. The molecule has 0 spiro atoms. The van der Waals surface area contributed by atoms with Crippen molar-refractivity contribution >= 4 is 21.8 Å². The van der Waals surface area contributed by atoms with Crippen LogP contribution in [0.2, 0.25) is 0 Å². The van der Waals surface area contributed by atoms with Crippen molar-refractivity contribution in [2.24, 2.45) is 0 Å². The van der Waals surface area contributed by atoms with Crippen LogP contribution < -0.4 is 0 Å². The Labute approximate surface area is 122 Å². The first-order valence-electron chi connectivity index (χ1n) is 6.38. The van der Waals surface area contributed by atoms with Crippen LogP contribution in [0.15, 0.2) is 21.4 Å². The van der Waals surface area contributed by atoms with Gasteiger partial charge in [0.05, 0.1) is 25.0 Å². The number of nitrogens with zero attached hydrogens (tertiary/aromatic N) is 1. The maximum atomic E-state index is 12.3. The summed E-state index contributed by atoms with van der Waals surface area (Å²) in [7, 11) is 0. The fraction of sp³-hybridized carbons (Fsp3) is 0.615. The summed E-state index contributed by atoms with van der Waals surface area (Å²) >= 11 is 3.22. The summed E-state index contributed by atoms with van der Waals surface area (Å²) in [6.45, 7) is 7.26. The summed E-state index contributed by atoms with van der Waals surface area (Å²) in [6, 6.07) is 1.65. The molecule has 1 heterocycles. The minimum atomic E-state index is -0.0833. The van der Waals surface area contributed by atoms with Crippen LogP contribution in [0.3, 0.4) is 0 Å². The van der Waals surface area contributed by atoms with E-state index < -0.39 is 0 Å². The van der Waals surface area contributed by atoms with Gasteiger partial charge in [-0.1, -0.05) is 0 Å². The highest BCUT2D eigenvalue weighted by Gasteiger charge is 2.19. The second kappa shape index (κ2) is 9.12. The van der Waals surface area contributed by atoms with Crippen LogP contribution in [0.5, 0.6) is 0 Å². The van der Waals surface area contributed by atoms with Gasteiger partial charge in [-0.3, -0.25) is 4.79 Å². The van der Waals surface area contributed by atoms with Crippen molar-refractivity contribution in [2.45, 2.75) is 13.8 Å². The Hall–Kier alpha value is -0.850. The minimum Gasteiger partial charge on any atom is -0.457 e. The van der Waals surface area contributed by atoms with E-state index >= 15 is 0 Å². The second-order valence-corrected chi connectivity index (χ2v) is 4.51. The number of amides is 1. The van der Waals surface area contributed by atoms with Crippen molar-refractivity contribution < 1.29 is 18.7 Å². The number of halogens is 1. The zero-order chi connectivity index (χ0) is 14.1. The molecule has 0 unspecified atom stereocenters. The molecule has 0 saturated carbocycles. The Morgan fingerprint density at radius 1 is 1.26 bits per heavy atom. The average Bonchev–Trinajstić information content (AvgIpc) is 2.83. The number of furan rings is 1. The molecule has 5 nitrogen and oxygen atoms in total. The fourth-order valence-corrected chi connectivity index (χ4v) is 1.98. The van der Waals surface area contributed by atoms with Crippen LogP contribution in [-0.2, 0) is 9.47 Å². The fourth-order valence-electron chi connectivity index (χ4n) is 1.57. The molecule has 0 aliphatic carbocycles. The van der Waals surface area contributed by atoms with Crippen LogP contribution in [0.1, 0.15) is 24.2 Å². The molecule has 0 saturated heterocycles. The van der Waals surface area contributed by atoms with E-state index in [0.717, 1.165) is 0 Å². The molecule has 1 aromatic rings. The summed E-state index contributed by atoms with van der Waals surface area (Å²) in [5.41, 5.74) is 0.521. The number of hydrogen-bond acceptors (Lipinski definition) is 4. The van der Waals surface area contributed by atoms with E-state index in [0.29, 0.717) is 49.8 Å². The molecule has 1 aromatic heterocycles. The third-order valence-corrected chi connectivity index (χ3v) is 3.17. The highest BCUT2D eigenvalue weighted by atomic mass is 79.9. The summed E-state index contributed by atoms with van der Waals surface area (Å²) in [5, 5.41) is 0. The van der Waals surface area contributed by atoms with E-state index in [1.54, 1.807) is 11.0 Å².